The Morgan fingerprint density at radius 2 is 2.00 bits per heavy atom. The van der Waals surface area contributed by atoms with Crippen LogP contribution in [0.2, 0.25) is 0 Å². The van der Waals surface area contributed by atoms with Crippen LogP contribution in [0.3, 0.4) is 0 Å². The molecule has 108 valence electrons. The molecule has 2 aromatic rings. The summed E-state index contributed by atoms with van der Waals surface area (Å²) in [5.74, 6) is -1.36. The molecular formula is C15H14N2O4. The molecule has 3 N–H and O–H groups in total. The summed E-state index contributed by atoms with van der Waals surface area (Å²) in [6.45, 7) is 1.97. The van der Waals surface area contributed by atoms with Gasteiger partial charge in [-0.15, -0.1) is 0 Å². The van der Waals surface area contributed by atoms with Crippen LogP contribution >= 0.6 is 0 Å². The Bertz CT molecular complexity index is 681. The SMILES string of the molecule is Cc1ccc(C(=O)NCc2ccc(C(=O)O)nc2)cc1O. The Labute approximate surface area is 121 Å². The van der Waals surface area contributed by atoms with Gasteiger partial charge in [-0.3, -0.25) is 4.79 Å². The van der Waals surface area contributed by atoms with Crippen LogP contribution in [0.1, 0.15) is 32.0 Å². The number of pyridine rings is 1. The number of hydrogen-bond acceptors (Lipinski definition) is 4. The van der Waals surface area contributed by atoms with E-state index in [2.05, 4.69) is 10.3 Å². The summed E-state index contributed by atoms with van der Waals surface area (Å²) < 4.78 is 0. The second-order valence-electron chi connectivity index (χ2n) is 4.54. The molecule has 0 radical (unpaired) electrons. The molecule has 0 saturated heterocycles. The molecule has 21 heavy (non-hydrogen) atoms. The van der Waals surface area contributed by atoms with E-state index in [1.807, 2.05) is 0 Å². The van der Waals surface area contributed by atoms with Gasteiger partial charge in [-0.25, -0.2) is 9.78 Å². The number of rotatable bonds is 4. The van der Waals surface area contributed by atoms with Gasteiger partial charge in [-0.05, 0) is 36.2 Å². The molecule has 0 saturated carbocycles. The van der Waals surface area contributed by atoms with Crippen molar-refractivity contribution in [3.05, 3.63) is 58.9 Å². The number of benzene rings is 1. The Hall–Kier alpha value is -2.89. The molecular weight excluding hydrogens is 272 g/mol. The number of phenolic OH excluding ortho intramolecular Hbond substituents is 1. The van der Waals surface area contributed by atoms with Crippen LogP contribution in [-0.4, -0.2) is 27.1 Å². The number of carboxylic acid groups (broad SMARTS) is 1. The summed E-state index contributed by atoms with van der Waals surface area (Å²) in [5, 5.41) is 21.0. The van der Waals surface area contributed by atoms with Crippen LogP contribution in [0.25, 0.3) is 0 Å². The largest absolute Gasteiger partial charge is 0.508 e. The zero-order valence-corrected chi connectivity index (χ0v) is 11.3. The van der Waals surface area contributed by atoms with E-state index >= 15 is 0 Å². The molecule has 0 fully saturated rings. The highest BCUT2D eigenvalue weighted by Gasteiger charge is 2.08. The number of carbonyl (C=O) groups excluding carboxylic acids is 1. The van der Waals surface area contributed by atoms with E-state index in [1.54, 1.807) is 25.1 Å². The van der Waals surface area contributed by atoms with E-state index in [-0.39, 0.29) is 23.9 Å². The second-order valence-corrected chi connectivity index (χ2v) is 4.54. The first-order valence-corrected chi connectivity index (χ1v) is 6.23. The number of amides is 1. The molecule has 0 spiro atoms. The Morgan fingerprint density at radius 1 is 1.24 bits per heavy atom. The molecule has 0 atom stereocenters. The summed E-state index contributed by atoms with van der Waals surface area (Å²) in [6.07, 6.45) is 1.40. The van der Waals surface area contributed by atoms with Crippen LogP contribution in [0, 0.1) is 6.92 Å². The highest BCUT2D eigenvalue weighted by molar-refractivity contribution is 5.94. The molecule has 1 aromatic heterocycles. The van der Waals surface area contributed by atoms with Crippen molar-refractivity contribution in [1.82, 2.24) is 10.3 Å². The van der Waals surface area contributed by atoms with Gasteiger partial charge in [0.05, 0.1) is 0 Å². The summed E-state index contributed by atoms with van der Waals surface area (Å²) in [6, 6.07) is 7.64. The number of phenols is 1. The fraction of sp³-hybridized carbons (Fsp3) is 0.133. The van der Waals surface area contributed by atoms with Crippen LogP contribution in [0.15, 0.2) is 36.5 Å². The molecule has 6 nitrogen and oxygen atoms in total. The van der Waals surface area contributed by atoms with Gasteiger partial charge in [0.25, 0.3) is 5.91 Å². The van der Waals surface area contributed by atoms with Crippen molar-refractivity contribution < 1.29 is 19.8 Å². The lowest BCUT2D eigenvalue weighted by molar-refractivity contribution is 0.0690. The van der Waals surface area contributed by atoms with Crippen molar-refractivity contribution in [3.8, 4) is 5.75 Å². The van der Waals surface area contributed by atoms with E-state index in [4.69, 9.17) is 5.11 Å². The number of hydrogen-bond donors (Lipinski definition) is 3. The molecule has 0 unspecified atom stereocenters. The molecule has 0 aliphatic rings. The predicted molar refractivity (Wildman–Crippen MR) is 75.2 cm³/mol. The lowest BCUT2D eigenvalue weighted by Crippen LogP contribution is -2.22. The Morgan fingerprint density at radius 3 is 2.57 bits per heavy atom. The predicted octanol–water partition coefficient (Wildman–Crippen LogP) is 1.72. The van der Waals surface area contributed by atoms with E-state index in [1.165, 1.54) is 18.3 Å². The minimum absolute atomic E-state index is 0.0477. The summed E-state index contributed by atoms with van der Waals surface area (Å²) in [4.78, 5) is 26.4. The number of aryl methyl sites for hydroxylation is 1. The topological polar surface area (TPSA) is 99.5 Å². The maximum Gasteiger partial charge on any atom is 0.354 e. The van der Waals surface area contributed by atoms with Crippen molar-refractivity contribution in [2.45, 2.75) is 13.5 Å². The lowest BCUT2D eigenvalue weighted by Gasteiger charge is -2.07. The minimum atomic E-state index is -1.10. The quantitative estimate of drug-likeness (QED) is 0.794. The maximum atomic E-state index is 11.9. The first-order valence-electron chi connectivity index (χ1n) is 6.23. The fourth-order valence-corrected chi connectivity index (χ4v) is 1.69. The average molecular weight is 286 g/mol. The lowest BCUT2D eigenvalue weighted by atomic mass is 10.1. The first kappa shape index (κ1) is 14.5. The second kappa shape index (κ2) is 6.04. The van der Waals surface area contributed by atoms with E-state index in [9.17, 15) is 14.7 Å². The molecule has 1 heterocycles. The van der Waals surface area contributed by atoms with Gasteiger partial charge < -0.3 is 15.5 Å². The molecule has 1 aromatic carbocycles. The highest BCUT2D eigenvalue weighted by atomic mass is 16.4. The van der Waals surface area contributed by atoms with Crippen LogP contribution in [-0.2, 0) is 6.54 Å². The summed E-state index contributed by atoms with van der Waals surface area (Å²) in [5.41, 5.74) is 1.69. The molecule has 0 aliphatic heterocycles. The fourth-order valence-electron chi connectivity index (χ4n) is 1.69. The van der Waals surface area contributed by atoms with Gasteiger partial charge >= 0.3 is 5.97 Å². The zero-order chi connectivity index (χ0) is 15.4. The third kappa shape index (κ3) is 3.56. The normalized spacial score (nSPS) is 10.1. The number of carboxylic acids is 1. The van der Waals surface area contributed by atoms with Crippen molar-refractivity contribution in [2.24, 2.45) is 0 Å². The molecule has 0 bridgehead atoms. The maximum absolute atomic E-state index is 11.9. The number of aromatic carboxylic acids is 1. The molecule has 1 amide bonds. The molecule has 6 heteroatoms. The van der Waals surface area contributed by atoms with Crippen LogP contribution < -0.4 is 5.32 Å². The van der Waals surface area contributed by atoms with Gasteiger partial charge in [-0.2, -0.15) is 0 Å². The van der Waals surface area contributed by atoms with Gasteiger partial charge in [0, 0.05) is 18.3 Å². The first-order chi connectivity index (χ1) is 9.97. The van der Waals surface area contributed by atoms with Crippen LogP contribution in [0.4, 0.5) is 0 Å². The number of aromatic hydroxyl groups is 1. The van der Waals surface area contributed by atoms with E-state index in [0.717, 1.165) is 0 Å². The Balaban J connectivity index is 2.00. The zero-order valence-electron chi connectivity index (χ0n) is 11.3. The van der Waals surface area contributed by atoms with Crippen molar-refractivity contribution in [2.75, 3.05) is 0 Å². The summed E-state index contributed by atoms with van der Waals surface area (Å²) >= 11 is 0. The van der Waals surface area contributed by atoms with Crippen molar-refractivity contribution >= 4 is 11.9 Å². The van der Waals surface area contributed by atoms with Crippen LogP contribution in [0.5, 0.6) is 5.75 Å². The van der Waals surface area contributed by atoms with Crippen molar-refractivity contribution in [3.63, 3.8) is 0 Å². The van der Waals surface area contributed by atoms with Gasteiger partial charge in [0.15, 0.2) is 0 Å². The van der Waals surface area contributed by atoms with E-state index in [0.29, 0.717) is 16.7 Å². The highest BCUT2D eigenvalue weighted by Crippen LogP contribution is 2.17. The monoisotopic (exact) mass is 286 g/mol. The smallest absolute Gasteiger partial charge is 0.354 e. The molecule has 2 rings (SSSR count). The number of aromatic nitrogens is 1. The van der Waals surface area contributed by atoms with Gasteiger partial charge in [-0.1, -0.05) is 12.1 Å². The van der Waals surface area contributed by atoms with Crippen molar-refractivity contribution in [1.29, 1.82) is 0 Å². The third-order valence-corrected chi connectivity index (χ3v) is 2.97. The summed E-state index contributed by atoms with van der Waals surface area (Å²) in [7, 11) is 0. The van der Waals surface area contributed by atoms with E-state index < -0.39 is 5.97 Å². The Kier molecular flexibility index (Phi) is 4.18. The standard InChI is InChI=1S/C15H14N2O4/c1-9-2-4-11(6-13(9)18)14(19)17-8-10-3-5-12(15(20)21)16-7-10/h2-7,18H,8H2,1H3,(H,17,19)(H,20,21). The minimum Gasteiger partial charge on any atom is -0.508 e. The number of carbonyl (C=O) groups is 2. The van der Waals surface area contributed by atoms with Gasteiger partial charge in [0.1, 0.15) is 11.4 Å². The average Bonchev–Trinajstić information content (AvgIpc) is 2.48. The third-order valence-electron chi connectivity index (χ3n) is 2.97. The number of nitrogens with zero attached hydrogens (tertiary/aromatic N) is 1. The molecule has 0 aliphatic carbocycles. The van der Waals surface area contributed by atoms with Gasteiger partial charge in [0.2, 0.25) is 0 Å². The number of nitrogens with one attached hydrogen (secondary N) is 1.